The summed E-state index contributed by atoms with van der Waals surface area (Å²) in [6.45, 7) is 5.61. The van der Waals surface area contributed by atoms with Gasteiger partial charge in [0, 0.05) is 41.8 Å². The van der Waals surface area contributed by atoms with Crippen LogP contribution < -0.4 is 0 Å². The highest BCUT2D eigenvalue weighted by Gasteiger charge is 2.35. The number of hydrogen-bond donors (Lipinski definition) is 1. The van der Waals surface area contributed by atoms with Crippen molar-refractivity contribution in [2.75, 3.05) is 13.1 Å². The number of aromatic amines is 1. The van der Waals surface area contributed by atoms with Gasteiger partial charge < -0.3 is 9.88 Å². The van der Waals surface area contributed by atoms with Gasteiger partial charge in [-0.2, -0.15) is 0 Å². The van der Waals surface area contributed by atoms with Gasteiger partial charge in [0.1, 0.15) is 5.82 Å². The predicted octanol–water partition coefficient (Wildman–Crippen LogP) is 4.04. The van der Waals surface area contributed by atoms with Gasteiger partial charge in [-0.15, -0.1) is 0 Å². The van der Waals surface area contributed by atoms with Crippen LogP contribution in [0.25, 0.3) is 0 Å². The van der Waals surface area contributed by atoms with E-state index in [9.17, 15) is 4.79 Å². The minimum absolute atomic E-state index is 0.207. The van der Waals surface area contributed by atoms with Crippen LogP contribution in [0.5, 0.6) is 0 Å². The molecule has 3 rings (SSSR count). The number of amides is 1. The number of hydrogen-bond acceptors (Lipinski definition) is 2. The van der Waals surface area contributed by atoms with E-state index in [0.29, 0.717) is 17.4 Å². The van der Waals surface area contributed by atoms with Crippen LogP contribution >= 0.6 is 11.6 Å². The van der Waals surface area contributed by atoms with Gasteiger partial charge in [0.15, 0.2) is 0 Å². The fourth-order valence-corrected chi connectivity index (χ4v) is 3.76. The molecule has 1 saturated heterocycles. The van der Waals surface area contributed by atoms with Gasteiger partial charge in [-0.1, -0.05) is 37.6 Å². The zero-order chi connectivity index (χ0) is 17.2. The number of imidazole rings is 1. The first-order valence-electron chi connectivity index (χ1n) is 8.49. The average Bonchev–Trinajstić information content (AvgIpc) is 3.08. The lowest BCUT2D eigenvalue weighted by Crippen LogP contribution is -2.46. The fourth-order valence-electron chi connectivity index (χ4n) is 3.55. The number of nitrogens with one attached hydrogen (secondary N) is 1. The van der Waals surface area contributed by atoms with Crippen molar-refractivity contribution >= 4 is 17.5 Å². The van der Waals surface area contributed by atoms with Crippen molar-refractivity contribution in [1.82, 2.24) is 14.9 Å². The van der Waals surface area contributed by atoms with Gasteiger partial charge in [0.05, 0.1) is 0 Å². The summed E-state index contributed by atoms with van der Waals surface area (Å²) >= 11 is 6.07. The Morgan fingerprint density at radius 2 is 2.29 bits per heavy atom. The van der Waals surface area contributed by atoms with E-state index < -0.39 is 5.41 Å². The molecule has 0 bridgehead atoms. The van der Waals surface area contributed by atoms with Gasteiger partial charge in [0.25, 0.3) is 0 Å². The number of benzene rings is 1. The van der Waals surface area contributed by atoms with Crippen molar-refractivity contribution in [1.29, 1.82) is 0 Å². The monoisotopic (exact) mass is 345 g/mol. The normalized spacial score (nSPS) is 18.6. The third kappa shape index (κ3) is 3.81. The van der Waals surface area contributed by atoms with Crippen LogP contribution in [0, 0.1) is 5.41 Å². The molecule has 1 N–H and O–H groups in total. The van der Waals surface area contributed by atoms with Crippen LogP contribution in [0.4, 0.5) is 0 Å². The van der Waals surface area contributed by atoms with Gasteiger partial charge in [0.2, 0.25) is 5.91 Å². The second kappa shape index (κ2) is 6.98. The summed E-state index contributed by atoms with van der Waals surface area (Å²) in [5, 5.41) is 0.714. The van der Waals surface area contributed by atoms with E-state index >= 15 is 0 Å². The van der Waals surface area contributed by atoms with E-state index in [1.165, 1.54) is 0 Å². The van der Waals surface area contributed by atoms with Crippen LogP contribution in [-0.4, -0.2) is 33.9 Å². The predicted molar refractivity (Wildman–Crippen MR) is 96.1 cm³/mol. The van der Waals surface area contributed by atoms with Gasteiger partial charge in [-0.05, 0) is 37.0 Å². The first-order valence-corrected chi connectivity index (χ1v) is 8.86. The maximum atomic E-state index is 13.1. The molecule has 24 heavy (non-hydrogen) atoms. The first kappa shape index (κ1) is 17.0. The highest BCUT2D eigenvalue weighted by molar-refractivity contribution is 6.30. The number of rotatable bonds is 4. The molecule has 0 radical (unpaired) electrons. The Kier molecular flexibility index (Phi) is 4.95. The number of aromatic nitrogens is 2. The summed E-state index contributed by atoms with van der Waals surface area (Å²) in [6.07, 6.45) is 6.41. The Hall–Kier alpha value is -1.81. The van der Waals surface area contributed by atoms with Crippen molar-refractivity contribution in [3.63, 3.8) is 0 Å². The van der Waals surface area contributed by atoms with E-state index in [2.05, 4.69) is 9.97 Å². The number of likely N-dealkylation sites (tertiary alicyclic amines) is 1. The summed E-state index contributed by atoms with van der Waals surface area (Å²) in [7, 11) is 0. The molecule has 1 aliphatic heterocycles. The Morgan fingerprint density at radius 3 is 3.00 bits per heavy atom. The second-order valence-corrected chi connectivity index (χ2v) is 7.69. The highest BCUT2D eigenvalue weighted by Crippen LogP contribution is 2.30. The lowest BCUT2D eigenvalue weighted by Gasteiger charge is -2.37. The first-order chi connectivity index (χ1) is 11.5. The minimum atomic E-state index is -0.449. The molecule has 1 amide bonds. The third-order valence-corrected chi connectivity index (χ3v) is 4.96. The quantitative estimate of drug-likeness (QED) is 0.909. The summed E-state index contributed by atoms with van der Waals surface area (Å²) < 4.78 is 0. The third-order valence-electron chi connectivity index (χ3n) is 4.73. The van der Waals surface area contributed by atoms with Crippen LogP contribution in [0.1, 0.15) is 44.0 Å². The van der Waals surface area contributed by atoms with Crippen molar-refractivity contribution in [3.05, 3.63) is 53.1 Å². The number of piperidine rings is 1. The molecule has 4 nitrogen and oxygen atoms in total. The Bertz CT molecular complexity index is 696. The van der Waals surface area contributed by atoms with Crippen LogP contribution in [-0.2, 0) is 11.2 Å². The molecule has 2 aromatic rings. The van der Waals surface area contributed by atoms with E-state index in [1.807, 2.05) is 49.2 Å². The standard InChI is InChI=1S/C19H24ClN3O/c1-19(2,12-14-5-3-7-16(20)11-14)18(24)23-10-4-6-15(13-23)17-21-8-9-22-17/h3,5,7-9,11,15H,4,6,10,12-13H2,1-2H3,(H,21,22)/t15-/m1/s1. The largest absolute Gasteiger partial charge is 0.348 e. The van der Waals surface area contributed by atoms with Gasteiger partial charge in [-0.3, -0.25) is 4.79 Å². The Labute approximate surface area is 148 Å². The van der Waals surface area contributed by atoms with Gasteiger partial charge >= 0.3 is 0 Å². The van der Waals surface area contributed by atoms with Crippen LogP contribution in [0.2, 0.25) is 5.02 Å². The summed E-state index contributed by atoms with van der Waals surface area (Å²) in [5.74, 6) is 1.50. The number of nitrogens with zero attached hydrogens (tertiary/aromatic N) is 2. The molecule has 0 unspecified atom stereocenters. The fraction of sp³-hybridized carbons (Fsp3) is 0.474. The molecule has 0 saturated carbocycles. The molecule has 1 aliphatic rings. The van der Waals surface area contributed by atoms with Crippen molar-refractivity contribution in [2.45, 2.75) is 39.0 Å². The molecule has 0 spiro atoms. The lowest BCUT2D eigenvalue weighted by molar-refractivity contribution is -0.141. The van der Waals surface area contributed by atoms with Crippen LogP contribution in [0.15, 0.2) is 36.7 Å². The van der Waals surface area contributed by atoms with E-state index in [4.69, 9.17) is 11.6 Å². The minimum Gasteiger partial charge on any atom is -0.348 e. The highest BCUT2D eigenvalue weighted by atomic mass is 35.5. The zero-order valence-corrected chi connectivity index (χ0v) is 15.0. The summed E-state index contributed by atoms with van der Waals surface area (Å²) in [5.41, 5.74) is 0.649. The maximum Gasteiger partial charge on any atom is 0.228 e. The maximum absolute atomic E-state index is 13.1. The summed E-state index contributed by atoms with van der Waals surface area (Å²) in [4.78, 5) is 22.6. The zero-order valence-electron chi connectivity index (χ0n) is 14.3. The molecular formula is C19H24ClN3O. The average molecular weight is 346 g/mol. The van der Waals surface area contributed by atoms with Crippen molar-refractivity contribution in [2.24, 2.45) is 5.41 Å². The molecular weight excluding hydrogens is 322 g/mol. The van der Waals surface area contributed by atoms with E-state index in [-0.39, 0.29) is 5.91 Å². The molecule has 1 atom stereocenters. The van der Waals surface area contributed by atoms with Crippen molar-refractivity contribution in [3.8, 4) is 0 Å². The molecule has 1 fully saturated rings. The number of halogens is 1. The van der Waals surface area contributed by atoms with Crippen LogP contribution in [0.3, 0.4) is 0 Å². The Morgan fingerprint density at radius 1 is 1.46 bits per heavy atom. The van der Waals surface area contributed by atoms with E-state index in [1.54, 1.807) is 6.20 Å². The SMILES string of the molecule is CC(C)(Cc1cccc(Cl)c1)C(=O)N1CCC[C@@H](c2ncc[nH]2)C1. The molecule has 1 aromatic carbocycles. The number of H-pyrrole nitrogens is 1. The topological polar surface area (TPSA) is 49.0 Å². The van der Waals surface area contributed by atoms with Gasteiger partial charge in [-0.25, -0.2) is 4.98 Å². The smallest absolute Gasteiger partial charge is 0.228 e. The van der Waals surface area contributed by atoms with E-state index in [0.717, 1.165) is 37.3 Å². The number of carbonyl (C=O) groups is 1. The molecule has 2 heterocycles. The second-order valence-electron chi connectivity index (χ2n) is 7.26. The molecule has 1 aromatic heterocycles. The Balaban J connectivity index is 1.69. The number of carbonyl (C=O) groups excluding carboxylic acids is 1. The molecule has 128 valence electrons. The summed E-state index contributed by atoms with van der Waals surface area (Å²) in [6, 6.07) is 7.77. The van der Waals surface area contributed by atoms with Crippen molar-refractivity contribution < 1.29 is 4.79 Å². The molecule has 0 aliphatic carbocycles. The molecule has 5 heteroatoms. The lowest BCUT2D eigenvalue weighted by atomic mass is 9.83.